The van der Waals surface area contributed by atoms with Gasteiger partial charge in [-0.2, -0.15) is 0 Å². The third kappa shape index (κ3) is 9.78. The van der Waals surface area contributed by atoms with Crippen molar-refractivity contribution in [2.45, 2.75) is 59.9 Å². The van der Waals surface area contributed by atoms with E-state index in [0.717, 1.165) is 31.7 Å². The van der Waals surface area contributed by atoms with Crippen molar-refractivity contribution < 1.29 is 0 Å². The van der Waals surface area contributed by atoms with Crippen molar-refractivity contribution in [2.75, 3.05) is 77.7 Å². The van der Waals surface area contributed by atoms with Crippen molar-refractivity contribution in [1.29, 1.82) is 0 Å². The van der Waals surface area contributed by atoms with Crippen molar-refractivity contribution >= 4 is 5.69 Å². The number of hydrogen-bond acceptors (Lipinski definition) is 5. The van der Waals surface area contributed by atoms with Gasteiger partial charge in [0.1, 0.15) is 0 Å². The monoisotopic (exact) mass is 445 g/mol. The zero-order valence-corrected chi connectivity index (χ0v) is 21.7. The average molecular weight is 446 g/mol. The summed E-state index contributed by atoms with van der Waals surface area (Å²) >= 11 is 0. The van der Waals surface area contributed by atoms with Crippen LogP contribution in [0.25, 0.3) is 0 Å². The number of nitrogens with two attached hydrogens (primary N) is 1. The predicted molar refractivity (Wildman–Crippen MR) is 140 cm³/mol. The van der Waals surface area contributed by atoms with Crippen molar-refractivity contribution in [1.82, 2.24) is 19.6 Å². The second kappa shape index (κ2) is 14.9. The van der Waals surface area contributed by atoms with Crippen molar-refractivity contribution in [3.05, 3.63) is 29.8 Å². The lowest BCUT2D eigenvalue weighted by Gasteiger charge is -2.37. The van der Waals surface area contributed by atoms with Crippen LogP contribution in [-0.4, -0.2) is 97.6 Å². The van der Waals surface area contributed by atoms with Gasteiger partial charge in [-0.15, -0.1) is 0 Å². The largest absolute Gasteiger partial charge is 0.399 e. The first-order valence-corrected chi connectivity index (χ1v) is 13.2. The van der Waals surface area contributed by atoms with E-state index in [0.29, 0.717) is 12.0 Å². The third-order valence-corrected chi connectivity index (χ3v) is 7.07. The number of nitrogen functional groups attached to an aromatic ring is 1. The Balaban J connectivity index is 2.08. The number of benzene rings is 1. The highest BCUT2D eigenvalue weighted by atomic mass is 15.3. The molecule has 1 aromatic carbocycles. The molecule has 0 saturated carbocycles. The molecular formula is C27H51N5. The van der Waals surface area contributed by atoms with Gasteiger partial charge >= 0.3 is 0 Å². The van der Waals surface area contributed by atoms with E-state index in [9.17, 15) is 0 Å². The van der Waals surface area contributed by atoms with Crippen LogP contribution in [0.2, 0.25) is 0 Å². The normalized spacial score (nSPS) is 18.6. The quantitative estimate of drug-likeness (QED) is 0.494. The molecule has 1 heterocycles. The second-order valence-corrected chi connectivity index (χ2v) is 9.94. The van der Waals surface area contributed by atoms with E-state index >= 15 is 0 Å². The summed E-state index contributed by atoms with van der Waals surface area (Å²) in [5.41, 5.74) is 8.14. The molecule has 2 N–H and O–H groups in total. The van der Waals surface area contributed by atoms with Crippen LogP contribution >= 0.6 is 0 Å². The highest BCUT2D eigenvalue weighted by Gasteiger charge is 2.23. The molecule has 5 heteroatoms. The minimum atomic E-state index is 0.623. The molecule has 0 amide bonds. The Hall–Kier alpha value is -1.14. The topological polar surface area (TPSA) is 39.0 Å². The van der Waals surface area contributed by atoms with Crippen LogP contribution in [0, 0.1) is 5.92 Å². The van der Waals surface area contributed by atoms with E-state index in [1.54, 1.807) is 0 Å². The van der Waals surface area contributed by atoms with Crippen LogP contribution in [-0.2, 0) is 6.42 Å². The van der Waals surface area contributed by atoms with Gasteiger partial charge in [0.25, 0.3) is 0 Å². The summed E-state index contributed by atoms with van der Waals surface area (Å²) in [5, 5.41) is 0. The molecule has 1 saturated heterocycles. The molecule has 1 aromatic rings. The zero-order valence-electron chi connectivity index (χ0n) is 21.7. The Labute approximate surface area is 198 Å². The molecule has 1 unspecified atom stereocenters. The van der Waals surface area contributed by atoms with E-state index in [4.69, 9.17) is 5.73 Å². The molecule has 0 spiro atoms. The van der Waals surface area contributed by atoms with Crippen LogP contribution in [0.15, 0.2) is 24.3 Å². The fraction of sp³-hybridized carbons (Fsp3) is 0.778. The Bertz CT molecular complexity index is 587. The van der Waals surface area contributed by atoms with E-state index in [2.05, 4.69) is 66.4 Å². The fourth-order valence-electron chi connectivity index (χ4n) is 4.92. The molecule has 32 heavy (non-hydrogen) atoms. The van der Waals surface area contributed by atoms with Gasteiger partial charge in [-0.25, -0.2) is 0 Å². The number of aryl methyl sites for hydroxylation is 1. The van der Waals surface area contributed by atoms with E-state index in [1.807, 2.05) is 12.1 Å². The van der Waals surface area contributed by atoms with Crippen LogP contribution in [0.3, 0.4) is 0 Å². The van der Waals surface area contributed by atoms with Crippen LogP contribution in [0.5, 0.6) is 0 Å². The van der Waals surface area contributed by atoms with E-state index in [1.165, 1.54) is 70.8 Å². The number of anilines is 1. The van der Waals surface area contributed by atoms with Gasteiger partial charge in [0, 0.05) is 64.1 Å². The summed E-state index contributed by atoms with van der Waals surface area (Å²) in [4.78, 5) is 10.8. The maximum absolute atomic E-state index is 5.88. The Morgan fingerprint density at radius 1 is 0.844 bits per heavy atom. The standard InChI is InChI=1S/C27H51N5/c1-6-29-16-17-30(7-2)19-21-32(20-18-29)27(23-31(8-3)22-24(4)5)11-9-10-25-12-14-26(28)15-13-25/h12-15,24,27H,6-11,16-23,28H2,1-5H3. The summed E-state index contributed by atoms with van der Waals surface area (Å²) in [6.45, 7) is 24.6. The smallest absolute Gasteiger partial charge is 0.0314 e. The maximum atomic E-state index is 5.88. The van der Waals surface area contributed by atoms with Crippen molar-refractivity contribution in [2.24, 2.45) is 5.92 Å². The highest BCUT2D eigenvalue weighted by Crippen LogP contribution is 2.16. The molecule has 1 aliphatic rings. The first-order chi connectivity index (χ1) is 15.4. The number of hydrogen-bond donors (Lipinski definition) is 1. The second-order valence-electron chi connectivity index (χ2n) is 9.94. The Morgan fingerprint density at radius 3 is 1.91 bits per heavy atom. The van der Waals surface area contributed by atoms with Crippen LogP contribution in [0.4, 0.5) is 5.69 Å². The minimum absolute atomic E-state index is 0.623. The van der Waals surface area contributed by atoms with Crippen LogP contribution in [0.1, 0.15) is 53.0 Å². The minimum Gasteiger partial charge on any atom is -0.399 e. The van der Waals surface area contributed by atoms with Crippen molar-refractivity contribution in [3.63, 3.8) is 0 Å². The summed E-state index contributed by atoms with van der Waals surface area (Å²) in [7, 11) is 0. The lowest BCUT2D eigenvalue weighted by molar-refractivity contribution is 0.112. The third-order valence-electron chi connectivity index (χ3n) is 7.07. The van der Waals surface area contributed by atoms with Gasteiger partial charge in [0.15, 0.2) is 0 Å². The SMILES string of the molecule is CCN1CCN(CC)CCN(C(CCCc2ccc(N)cc2)CN(CC)CC(C)C)CC1. The number of rotatable bonds is 12. The highest BCUT2D eigenvalue weighted by molar-refractivity contribution is 5.39. The molecular weight excluding hydrogens is 394 g/mol. The molecule has 0 radical (unpaired) electrons. The number of nitrogens with zero attached hydrogens (tertiary/aromatic N) is 4. The first-order valence-electron chi connectivity index (χ1n) is 13.2. The predicted octanol–water partition coefficient (Wildman–Crippen LogP) is 3.90. The lowest BCUT2D eigenvalue weighted by atomic mass is 10.0. The molecule has 184 valence electrons. The summed E-state index contributed by atoms with van der Waals surface area (Å²) in [6, 6.07) is 9.08. The molecule has 2 rings (SSSR count). The van der Waals surface area contributed by atoms with E-state index in [-0.39, 0.29) is 0 Å². The Morgan fingerprint density at radius 2 is 1.41 bits per heavy atom. The molecule has 1 atom stereocenters. The zero-order chi connectivity index (χ0) is 23.3. The Kier molecular flexibility index (Phi) is 12.6. The molecule has 1 aliphatic heterocycles. The summed E-state index contributed by atoms with van der Waals surface area (Å²) < 4.78 is 0. The van der Waals surface area contributed by atoms with Gasteiger partial charge < -0.3 is 20.4 Å². The number of likely N-dealkylation sites (N-methyl/N-ethyl adjacent to an activating group) is 3. The van der Waals surface area contributed by atoms with Gasteiger partial charge in [-0.1, -0.05) is 46.8 Å². The molecule has 1 fully saturated rings. The van der Waals surface area contributed by atoms with E-state index < -0.39 is 0 Å². The average Bonchev–Trinajstić information content (AvgIpc) is 2.89. The lowest BCUT2D eigenvalue weighted by Crippen LogP contribution is -2.48. The van der Waals surface area contributed by atoms with Gasteiger partial charge in [-0.05, 0) is 62.5 Å². The van der Waals surface area contributed by atoms with Gasteiger partial charge in [-0.3, -0.25) is 4.90 Å². The molecule has 0 aliphatic carbocycles. The summed E-state index contributed by atoms with van der Waals surface area (Å²) in [5.74, 6) is 0.715. The van der Waals surface area contributed by atoms with Crippen LogP contribution < -0.4 is 5.73 Å². The molecule has 0 aromatic heterocycles. The van der Waals surface area contributed by atoms with Gasteiger partial charge in [0.05, 0.1) is 0 Å². The van der Waals surface area contributed by atoms with Crippen molar-refractivity contribution in [3.8, 4) is 0 Å². The first kappa shape index (κ1) is 27.1. The summed E-state index contributed by atoms with van der Waals surface area (Å²) in [6.07, 6.45) is 3.64. The van der Waals surface area contributed by atoms with Gasteiger partial charge in [0.2, 0.25) is 0 Å². The molecule has 5 nitrogen and oxygen atoms in total. The maximum Gasteiger partial charge on any atom is 0.0314 e. The molecule has 0 bridgehead atoms. The fourth-order valence-corrected chi connectivity index (χ4v) is 4.92.